The molecular weight excluding hydrogens is 346 g/mol. The number of rotatable bonds is 3. The van der Waals surface area contributed by atoms with Gasteiger partial charge in [0.25, 0.3) is 5.91 Å². The highest BCUT2D eigenvalue weighted by Crippen LogP contribution is 2.37. The molecule has 1 aromatic carbocycles. The normalized spacial score (nSPS) is 19.7. The van der Waals surface area contributed by atoms with Gasteiger partial charge in [-0.05, 0) is 42.5 Å². The average Bonchev–Trinajstić information content (AvgIpc) is 3.29. The van der Waals surface area contributed by atoms with E-state index < -0.39 is 0 Å². The van der Waals surface area contributed by atoms with E-state index in [-0.39, 0.29) is 12.7 Å². The Hall–Kier alpha value is -2.32. The SMILES string of the molecule is CCN1C(=O)/C(=C/c2ccc3c(c2)OCO3)S/C1=N/c1nccs1. The molecule has 1 amide bonds. The van der Waals surface area contributed by atoms with Crippen LogP contribution in [0.2, 0.25) is 0 Å². The van der Waals surface area contributed by atoms with Gasteiger partial charge in [0.05, 0.1) is 4.91 Å². The highest BCUT2D eigenvalue weighted by atomic mass is 32.2. The van der Waals surface area contributed by atoms with Crippen LogP contribution in [0.25, 0.3) is 6.08 Å². The fourth-order valence-electron chi connectivity index (χ4n) is 2.38. The number of aliphatic imine (C=N–C) groups is 1. The van der Waals surface area contributed by atoms with Gasteiger partial charge in [-0.3, -0.25) is 9.69 Å². The van der Waals surface area contributed by atoms with Gasteiger partial charge in [0.2, 0.25) is 11.9 Å². The molecule has 4 rings (SSSR count). The molecule has 2 aromatic rings. The number of thiazole rings is 1. The number of amidine groups is 1. The lowest BCUT2D eigenvalue weighted by atomic mass is 10.2. The molecule has 2 aliphatic heterocycles. The van der Waals surface area contributed by atoms with Gasteiger partial charge in [0.15, 0.2) is 16.7 Å². The molecule has 0 spiro atoms. The third-order valence-electron chi connectivity index (χ3n) is 3.51. The highest BCUT2D eigenvalue weighted by molar-refractivity contribution is 8.18. The molecular formula is C16H13N3O3S2. The van der Waals surface area contributed by atoms with E-state index in [0.29, 0.717) is 27.5 Å². The van der Waals surface area contributed by atoms with Crippen LogP contribution < -0.4 is 9.47 Å². The van der Waals surface area contributed by atoms with Gasteiger partial charge in [-0.1, -0.05) is 6.07 Å². The summed E-state index contributed by atoms with van der Waals surface area (Å²) in [5, 5.41) is 3.16. The van der Waals surface area contributed by atoms with Crippen molar-refractivity contribution in [1.82, 2.24) is 9.88 Å². The standard InChI is InChI=1S/C16H13N3O3S2/c1-2-19-14(20)13(24-16(19)18-15-17-5-6-23-15)8-10-3-4-11-12(7-10)22-9-21-11/h3-8H,2,9H2,1H3/b13-8-,18-16+. The van der Waals surface area contributed by atoms with E-state index in [1.54, 1.807) is 11.1 Å². The smallest absolute Gasteiger partial charge is 0.266 e. The molecule has 0 aliphatic carbocycles. The van der Waals surface area contributed by atoms with Gasteiger partial charge in [0.1, 0.15) is 0 Å². The van der Waals surface area contributed by atoms with Crippen molar-refractivity contribution < 1.29 is 14.3 Å². The van der Waals surface area contributed by atoms with E-state index in [9.17, 15) is 4.79 Å². The molecule has 0 N–H and O–H groups in total. The Morgan fingerprint density at radius 3 is 3.04 bits per heavy atom. The van der Waals surface area contributed by atoms with Gasteiger partial charge < -0.3 is 9.47 Å². The van der Waals surface area contributed by atoms with Gasteiger partial charge in [0, 0.05) is 18.1 Å². The first-order chi connectivity index (χ1) is 11.7. The van der Waals surface area contributed by atoms with Crippen molar-refractivity contribution in [1.29, 1.82) is 0 Å². The van der Waals surface area contributed by atoms with Crippen LogP contribution in [0.4, 0.5) is 5.13 Å². The van der Waals surface area contributed by atoms with Crippen molar-refractivity contribution in [2.24, 2.45) is 4.99 Å². The summed E-state index contributed by atoms with van der Waals surface area (Å²) in [6, 6.07) is 5.62. The molecule has 3 heterocycles. The third kappa shape index (κ3) is 2.78. The summed E-state index contributed by atoms with van der Waals surface area (Å²) in [5.74, 6) is 1.38. The van der Waals surface area contributed by atoms with Crippen LogP contribution in [-0.4, -0.2) is 34.3 Å². The lowest BCUT2D eigenvalue weighted by Crippen LogP contribution is -2.28. The summed E-state index contributed by atoms with van der Waals surface area (Å²) in [5.41, 5.74) is 0.890. The summed E-state index contributed by atoms with van der Waals surface area (Å²) in [6.07, 6.45) is 3.55. The molecule has 1 aromatic heterocycles. The van der Waals surface area contributed by atoms with Gasteiger partial charge >= 0.3 is 0 Å². The quantitative estimate of drug-likeness (QED) is 0.785. The Morgan fingerprint density at radius 2 is 2.25 bits per heavy atom. The summed E-state index contributed by atoms with van der Waals surface area (Å²) >= 11 is 2.80. The molecule has 0 radical (unpaired) electrons. The molecule has 0 unspecified atom stereocenters. The Morgan fingerprint density at radius 1 is 1.38 bits per heavy atom. The maximum atomic E-state index is 12.6. The first-order valence-electron chi connectivity index (χ1n) is 7.34. The van der Waals surface area contributed by atoms with E-state index in [1.807, 2.05) is 36.6 Å². The molecule has 6 nitrogen and oxygen atoms in total. The molecule has 0 bridgehead atoms. The van der Waals surface area contributed by atoms with Crippen molar-refractivity contribution >= 4 is 45.4 Å². The van der Waals surface area contributed by atoms with E-state index in [2.05, 4.69) is 9.98 Å². The van der Waals surface area contributed by atoms with Crippen LogP contribution in [0.1, 0.15) is 12.5 Å². The number of aromatic nitrogens is 1. The zero-order valence-electron chi connectivity index (χ0n) is 12.8. The Labute approximate surface area is 146 Å². The Kier molecular flexibility index (Phi) is 3.99. The minimum absolute atomic E-state index is 0.0459. The van der Waals surface area contributed by atoms with Crippen LogP contribution in [0.3, 0.4) is 0 Å². The number of nitrogens with zero attached hydrogens (tertiary/aromatic N) is 3. The molecule has 0 saturated carbocycles. The van der Waals surface area contributed by atoms with Crippen LogP contribution in [0.15, 0.2) is 39.7 Å². The maximum absolute atomic E-state index is 12.6. The van der Waals surface area contributed by atoms with E-state index in [0.717, 1.165) is 11.3 Å². The third-order valence-corrected chi connectivity index (χ3v) is 5.18. The van der Waals surface area contributed by atoms with Crippen LogP contribution >= 0.6 is 23.1 Å². The van der Waals surface area contributed by atoms with Gasteiger partial charge in [-0.25, -0.2) is 4.98 Å². The van der Waals surface area contributed by atoms with Crippen molar-refractivity contribution in [3.8, 4) is 11.5 Å². The number of hydrogen-bond donors (Lipinski definition) is 0. The van der Waals surface area contributed by atoms with Crippen molar-refractivity contribution in [3.63, 3.8) is 0 Å². The van der Waals surface area contributed by atoms with Gasteiger partial charge in [-0.2, -0.15) is 4.99 Å². The van der Waals surface area contributed by atoms with E-state index in [4.69, 9.17) is 9.47 Å². The van der Waals surface area contributed by atoms with Crippen molar-refractivity contribution in [2.75, 3.05) is 13.3 Å². The molecule has 8 heteroatoms. The fraction of sp³-hybridized carbons (Fsp3) is 0.188. The largest absolute Gasteiger partial charge is 0.454 e. The molecule has 122 valence electrons. The number of carbonyl (C=O) groups excluding carboxylic acids is 1. The summed E-state index contributed by atoms with van der Waals surface area (Å²) in [4.78, 5) is 23.5. The molecule has 24 heavy (non-hydrogen) atoms. The Bertz CT molecular complexity index is 846. The van der Waals surface area contributed by atoms with Crippen LogP contribution in [-0.2, 0) is 4.79 Å². The predicted octanol–water partition coefficient (Wildman–Crippen LogP) is 3.50. The number of amides is 1. The number of likely N-dealkylation sites (N-methyl/N-ethyl adjacent to an activating group) is 1. The Balaban J connectivity index is 1.65. The number of benzene rings is 1. The summed E-state index contributed by atoms with van der Waals surface area (Å²) < 4.78 is 10.7. The number of carbonyl (C=O) groups is 1. The van der Waals surface area contributed by atoms with E-state index in [1.165, 1.54) is 23.1 Å². The molecule has 0 atom stereocenters. The monoisotopic (exact) mass is 359 g/mol. The van der Waals surface area contributed by atoms with Crippen LogP contribution in [0.5, 0.6) is 11.5 Å². The van der Waals surface area contributed by atoms with E-state index >= 15 is 0 Å². The predicted molar refractivity (Wildman–Crippen MR) is 94.7 cm³/mol. The first-order valence-corrected chi connectivity index (χ1v) is 9.03. The second-order valence-corrected chi connectivity index (χ2v) is 6.86. The maximum Gasteiger partial charge on any atom is 0.266 e. The minimum Gasteiger partial charge on any atom is -0.454 e. The van der Waals surface area contributed by atoms with Crippen molar-refractivity contribution in [2.45, 2.75) is 6.92 Å². The number of fused-ring (bicyclic) bond motifs is 1. The summed E-state index contributed by atoms with van der Waals surface area (Å²) in [6.45, 7) is 2.73. The zero-order valence-corrected chi connectivity index (χ0v) is 14.4. The lowest BCUT2D eigenvalue weighted by molar-refractivity contribution is -0.122. The first kappa shape index (κ1) is 15.2. The summed E-state index contributed by atoms with van der Waals surface area (Å²) in [7, 11) is 0. The number of hydrogen-bond acceptors (Lipinski definition) is 7. The number of thioether (sulfide) groups is 1. The highest BCUT2D eigenvalue weighted by Gasteiger charge is 2.32. The lowest BCUT2D eigenvalue weighted by Gasteiger charge is -2.11. The number of ether oxygens (including phenoxy) is 2. The molecule has 1 fully saturated rings. The molecule has 2 aliphatic rings. The second kappa shape index (κ2) is 6.29. The fourth-order valence-corrected chi connectivity index (χ4v) is 3.98. The minimum atomic E-state index is -0.0459. The van der Waals surface area contributed by atoms with Crippen molar-refractivity contribution in [3.05, 3.63) is 40.2 Å². The zero-order chi connectivity index (χ0) is 16.5. The van der Waals surface area contributed by atoms with Crippen LogP contribution in [0, 0.1) is 0 Å². The topological polar surface area (TPSA) is 64.0 Å². The molecule has 1 saturated heterocycles. The second-order valence-electron chi connectivity index (χ2n) is 4.98. The van der Waals surface area contributed by atoms with Gasteiger partial charge in [-0.15, -0.1) is 11.3 Å². The average molecular weight is 359 g/mol.